The van der Waals surface area contributed by atoms with Crippen molar-refractivity contribution >= 4 is 5.91 Å². The number of H-pyrrole nitrogens is 1. The molecule has 0 spiro atoms. The number of carbonyl (C=O) groups excluding carboxylic acids is 1. The van der Waals surface area contributed by atoms with Crippen LogP contribution in [-0.2, 0) is 22.4 Å². The molecule has 5 heteroatoms. The lowest BCUT2D eigenvalue weighted by molar-refractivity contribution is -0.134. The molecule has 2 heterocycles. The quantitative estimate of drug-likeness (QED) is 0.745. The van der Waals surface area contributed by atoms with Gasteiger partial charge in [0.15, 0.2) is 6.10 Å². The van der Waals surface area contributed by atoms with E-state index in [0.29, 0.717) is 13.0 Å². The summed E-state index contributed by atoms with van der Waals surface area (Å²) in [5, 5.41) is 3.16. The van der Waals surface area contributed by atoms with Gasteiger partial charge in [-0.15, -0.1) is 0 Å². The summed E-state index contributed by atoms with van der Waals surface area (Å²) in [4.78, 5) is 20.4. The average molecular weight is 347 g/mol. The lowest BCUT2D eigenvalue weighted by Gasteiger charge is -2.27. The number of aromatic amines is 1. The number of ether oxygens (including phenoxy) is 1. The van der Waals surface area contributed by atoms with Crippen LogP contribution in [0.25, 0.3) is 0 Å². The van der Waals surface area contributed by atoms with Crippen molar-refractivity contribution < 1.29 is 9.53 Å². The van der Waals surface area contributed by atoms with Crippen molar-refractivity contribution in [2.75, 3.05) is 6.61 Å². The molecule has 0 saturated carbocycles. The number of aromatic nitrogens is 2. The zero-order valence-electron chi connectivity index (χ0n) is 14.4. The van der Waals surface area contributed by atoms with E-state index in [0.717, 1.165) is 23.4 Å². The lowest BCUT2D eigenvalue weighted by Crippen LogP contribution is -2.37. The summed E-state index contributed by atoms with van der Waals surface area (Å²) in [7, 11) is 0. The Bertz CT molecular complexity index is 862. The van der Waals surface area contributed by atoms with E-state index in [2.05, 4.69) is 21.4 Å². The first kappa shape index (κ1) is 16.5. The standard InChI is InChI=1S/C21H21N3O2/c25-21(20-17-9-5-4-6-15(17)10-13-26-20)24-18(14-19-22-11-12-23-19)16-7-2-1-3-8-16/h1-9,11-12,18,20H,10,13-14H2,(H,22,23)(H,24,25)/t18-,20+/m0/s1. The number of rotatable bonds is 5. The molecule has 1 aliphatic rings. The third kappa shape index (κ3) is 3.53. The molecular weight excluding hydrogens is 326 g/mol. The predicted molar refractivity (Wildman–Crippen MR) is 98.5 cm³/mol. The fraction of sp³-hybridized carbons (Fsp3) is 0.238. The van der Waals surface area contributed by atoms with E-state index >= 15 is 0 Å². The van der Waals surface area contributed by atoms with Gasteiger partial charge < -0.3 is 15.0 Å². The summed E-state index contributed by atoms with van der Waals surface area (Å²) in [6.45, 7) is 0.559. The van der Waals surface area contributed by atoms with Crippen LogP contribution in [0.5, 0.6) is 0 Å². The third-order valence-corrected chi connectivity index (χ3v) is 4.70. The van der Waals surface area contributed by atoms with Crippen LogP contribution in [0.15, 0.2) is 67.0 Å². The minimum atomic E-state index is -0.567. The Morgan fingerprint density at radius 1 is 1.19 bits per heavy atom. The topological polar surface area (TPSA) is 67.0 Å². The van der Waals surface area contributed by atoms with E-state index in [1.807, 2.05) is 48.5 Å². The van der Waals surface area contributed by atoms with E-state index < -0.39 is 6.10 Å². The van der Waals surface area contributed by atoms with Gasteiger partial charge in [-0.2, -0.15) is 0 Å². The van der Waals surface area contributed by atoms with Crippen LogP contribution >= 0.6 is 0 Å². The maximum absolute atomic E-state index is 13.0. The van der Waals surface area contributed by atoms with Crippen LogP contribution in [0.2, 0.25) is 0 Å². The number of fused-ring (bicyclic) bond motifs is 1. The van der Waals surface area contributed by atoms with Crippen molar-refractivity contribution in [2.45, 2.75) is 25.0 Å². The number of benzene rings is 2. The summed E-state index contributed by atoms with van der Waals surface area (Å²) in [5.74, 6) is 0.724. The maximum atomic E-state index is 13.0. The first-order valence-electron chi connectivity index (χ1n) is 8.84. The second-order valence-corrected chi connectivity index (χ2v) is 6.41. The van der Waals surface area contributed by atoms with E-state index in [9.17, 15) is 4.79 Å². The molecule has 132 valence electrons. The molecular formula is C21H21N3O2. The highest BCUT2D eigenvalue weighted by Gasteiger charge is 2.29. The molecule has 3 aromatic rings. The van der Waals surface area contributed by atoms with E-state index in [1.165, 1.54) is 5.56 Å². The zero-order chi connectivity index (χ0) is 17.8. The number of imidazole rings is 1. The first-order valence-corrected chi connectivity index (χ1v) is 8.84. The molecule has 1 amide bonds. The third-order valence-electron chi connectivity index (χ3n) is 4.70. The Kier molecular flexibility index (Phi) is 4.80. The highest BCUT2D eigenvalue weighted by Crippen LogP contribution is 2.28. The Labute approximate surface area is 152 Å². The van der Waals surface area contributed by atoms with Gasteiger partial charge in [0, 0.05) is 18.8 Å². The van der Waals surface area contributed by atoms with Crippen LogP contribution in [0.4, 0.5) is 0 Å². The Morgan fingerprint density at radius 3 is 2.81 bits per heavy atom. The van der Waals surface area contributed by atoms with Crippen molar-refractivity contribution in [1.82, 2.24) is 15.3 Å². The van der Waals surface area contributed by atoms with Crippen LogP contribution in [0, 0.1) is 0 Å². The van der Waals surface area contributed by atoms with Crippen molar-refractivity contribution in [3.63, 3.8) is 0 Å². The molecule has 0 radical (unpaired) electrons. The largest absolute Gasteiger partial charge is 0.363 e. The SMILES string of the molecule is O=C(N[C@@H](Cc1ncc[nH]1)c1ccccc1)[C@@H]1OCCc2ccccc21. The fourth-order valence-electron chi connectivity index (χ4n) is 3.40. The number of carbonyl (C=O) groups is 1. The Hall–Kier alpha value is -2.92. The van der Waals surface area contributed by atoms with Gasteiger partial charge in [-0.05, 0) is 23.1 Å². The number of hydrogen-bond donors (Lipinski definition) is 2. The Balaban J connectivity index is 1.57. The average Bonchev–Trinajstić information content (AvgIpc) is 3.21. The molecule has 2 N–H and O–H groups in total. The van der Waals surface area contributed by atoms with Crippen LogP contribution < -0.4 is 5.32 Å². The number of nitrogens with one attached hydrogen (secondary N) is 2. The molecule has 1 aliphatic heterocycles. The van der Waals surface area contributed by atoms with Gasteiger partial charge in [0.05, 0.1) is 12.6 Å². The summed E-state index contributed by atoms with van der Waals surface area (Å²) < 4.78 is 5.80. The molecule has 2 atom stereocenters. The maximum Gasteiger partial charge on any atom is 0.254 e. The first-order chi connectivity index (χ1) is 12.8. The molecule has 26 heavy (non-hydrogen) atoms. The van der Waals surface area contributed by atoms with Gasteiger partial charge in [0.25, 0.3) is 5.91 Å². The molecule has 0 unspecified atom stereocenters. The molecule has 0 fully saturated rings. The van der Waals surface area contributed by atoms with Crippen molar-refractivity contribution in [2.24, 2.45) is 0 Å². The summed E-state index contributed by atoms with van der Waals surface area (Å²) >= 11 is 0. The molecule has 1 aromatic heterocycles. The molecule has 0 saturated heterocycles. The number of hydrogen-bond acceptors (Lipinski definition) is 3. The second kappa shape index (κ2) is 7.54. The Morgan fingerprint density at radius 2 is 2.00 bits per heavy atom. The monoisotopic (exact) mass is 347 g/mol. The minimum Gasteiger partial charge on any atom is -0.363 e. The number of nitrogens with zero attached hydrogens (tertiary/aromatic N) is 1. The van der Waals surface area contributed by atoms with Gasteiger partial charge in [-0.3, -0.25) is 4.79 Å². The molecule has 0 bridgehead atoms. The van der Waals surface area contributed by atoms with Gasteiger partial charge in [-0.1, -0.05) is 54.6 Å². The van der Waals surface area contributed by atoms with Gasteiger partial charge in [-0.25, -0.2) is 4.98 Å². The van der Waals surface area contributed by atoms with Crippen molar-refractivity contribution in [3.05, 3.63) is 89.5 Å². The summed E-state index contributed by atoms with van der Waals surface area (Å²) in [5.41, 5.74) is 3.18. The van der Waals surface area contributed by atoms with Crippen LogP contribution in [0.1, 0.15) is 34.7 Å². The normalized spacial score (nSPS) is 17.3. The molecule has 5 nitrogen and oxygen atoms in total. The van der Waals surface area contributed by atoms with E-state index in [4.69, 9.17) is 4.74 Å². The van der Waals surface area contributed by atoms with Crippen LogP contribution in [0.3, 0.4) is 0 Å². The minimum absolute atomic E-state index is 0.113. The number of amides is 1. The smallest absolute Gasteiger partial charge is 0.254 e. The zero-order valence-corrected chi connectivity index (χ0v) is 14.4. The summed E-state index contributed by atoms with van der Waals surface area (Å²) in [6.07, 6.45) is 4.38. The molecule has 4 rings (SSSR count). The molecule has 0 aliphatic carbocycles. The second-order valence-electron chi connectivity index (χ2n) is 6.41. The fourth-order valence-corrected chi connectivity index (χ4v) is 3.40. The van der Waals surface area contributed by atoms with Crippen molar-refractivity contribution in [3.8, 4) is 0 Å². The highest BCUT2D eigenvalue weighted by molar-refractivity contribution is 5.83. The van der Waals surface area contributed by atoms with E-state index in [1.54, 1.807) is 12.4 Å². The van der Waals surface area contributed by atoms with Gasteiger partial charge in [0.1, 0.15) is 5.82 Å². The van der Waals surface area contributed by atoms with Gasteiger partial charge >= 0.3 is 0 Å². The lowest BCUT2D eigenvalue weighted by atomic mass is 9.96. The van der Waals surface area contributed by atoms with Crippen molar-refractivity contribution in [1.29, 1.82) is 0 Å². The van der Waals surface area contributed by atoms with Crippen LogP contribution in [-0.4, -0.2) is 22.5 Å². The summed E-state index contributed by atoms with van der Waals surface area (Å²) in [6, 6.07) is 17.8. The highest BCUT2D eigenvalue weighted by atomic mass is 16.5. The predicted octanol–water partition coefficient (Wildman–Crippen LogP) is 3.12. The van der Waals surface area contributed by atoms with E-state index in [-0.39, 0.29) is 11.9 Å². The molecule has 2 aromatic carbocycles. The van der Waals surface area contributed by atoms with Gasteiger partial charge in [0.2, 0.25) is 0 Å².